The van der Waals surface area contributed by atoms with E-state index in [9.17, 15) is 4.79 Å². The van der Waals surface area contributed by atoms with Gasteiger partial charge in [-0.25, -0.2) is 4.98 Å². The molecule has 0 atom stereocenters. The Morgan fingerprint density at radius 1 is 1.39 bits per heavy atom. The second-order valence-corrected chi connectivity index (χ2v) is 6.44. The first-order valence-electron chi connectivity index (χ1n) is 7.31. The van der Waals surface area contributed by atoms with Crippen LogP contribution in [0.5, 0.6) is 0 Å². The van der Waals surface area contributed by atoms with Gasteiger partial charge in [-0.1, -0.05) is 11.6 Å². The second-order valence-electron chi connectivity index (χ2n) is 5.56. The topological polar surface area (TPSA) is 59.5 Å². The van der Waals surface area contributed by atoms with Crippen LogP contribution in [-0.4, -0.2) is 15.3 Å². The summed E-state index contributed by atoms with van der Waals surface area (Å²) in [4.78, 5) is 17.8. The van der Waals surface area contributed by atoms with E-state index in [1.54, 1.807) is 11.3 Å². The van der Waals surface area contributed by atoms with Crippen molar-refractivity contribution in [3.63, 3.8) is 0 Å². The van der Waals surface area contributed by atoms with Crippen molar-refractivity contribution in [2.75, 3.05) is 0 Å². The molecule has 1 aromatic carbocycles. The van der Waals surface area contributed by atoms with Gasteiger partial charge in [-0.15, -0.1) is 11.3 Å². The molecule has 0 radical (unpaired) electrons. The number of furan rings is 1. The van der Waals surface area contributed by atoms with E-state index >= 15 is 0 Å². The van der Waals surface area contributed by atoms with E-state index in [2.05, 4.69) is 10.3 Å². The summed E-state index contributed by atoms with van der Waals surface area (Å²) in [6.07, 6.45) is 3.87. The Kier molecular flexibility index (Phi) is 3.20. The van der Waals surface area contributed by atoms with Gasteiger partial charge in [0.05, 0.1) is 12.2 Å². The zero-order valence-electron chi connectivity index (χ0n) is 12.8. The fraction of sp³-hybridized carbons (Fsp3) is 0.176. The number of imidazole rings is 1. The summed E-state index contributed by atoms with van der Waals surface area (Å²) in [5.41, 5.74) is 3.58. The number of hydrogen-bond donors (Lipinski definition) is 1. The highest BCUT2D eigenvalue weighted by Gasteiger charge is 2.17. The Balaban J connectivity index is 1.56. The molecule has 6 heteroatoms. The van der Waals surface area contributed by atoms with Gasteiger partial charge < -0.3 is 9.73 Å². The molecule has 0 fully saturated rings. The maximum Gasteiger partial charge on any atom is 0.287 e. The van der Waals surface area contributed by atoms with Crippen molar-refractivity contribution in [3.05, 3.63) is 58.6 Å². The predicted octanol–water partition coefficient (Wildman–Crippen LogP) is 3.69. The van der Waals surface area contributed by atoms with Crippen LogP contribution in [0.3, 0.4) is 0 Å². The highest BCUT2D eigenvalue weighted by Crippen LogP contribution is 2.26. The lowest BCUT2D eigenvalue weighted by molar-refractivity contribution is 0.0924. The first-order valence-corrected chi connectivity index (χ1v) is 8.19. The Labute approximate surface area is 136 Å². The van der Waals surface area contributed by atoms with E-state index in [4.69, 9.17) is 4.42 Å². The number of rotatable bonds is 3. The lowest BCUT2D eigenvalue weighted by atomic mass is 10.1. The van der Waals surface area contributed by atoms with Crippen molar-refractivity contribution in [3.8, 4) is 0 Å². The molecule has 0 unspecified atom stereocenters. The molecule has 3 aromatic heterocycles. The number of benzene rings is 1. The molecule has 1 N–H and O–H groups in total. The quantitative estimate of drug-likeness (QED) is 0.625. The van der Waals surface area contributed by atoms with E-state index in [1.165, 1.54) is 0 Å². The molecule has 0 aliphatic carbocycles. The van der Waals surface area contributed by atoms with Crippen LogP contribution in [0.15, 0.2) is 40.4 Å². The van der Waals surface area contributed by atoms with Gasteiger partial charge in [-0.3, -0.25) is 9.20 Å². The van der Waals surface area contributed by atoms with Crippen molar-refractivity contribution >= 4 is 33.2 Å². The zero-order chi connectivity index (χ0) is 16.0. The van der Waals surface area contributed by atoms with Crippen LogP contribution in [0.2, 0.25) is 0 Å². The van der Waals surface area contributed by atoms with Crippen LogP contribution in [0.1, 0.15) is 27.4 Å². The molecule has 23 heavy (non-hydrogen) atoms. The van der Waals surface area contributed by atoms with Crippen LogP contribution in [-0.2, 0) is 6.54 Å². The fourth-order valence-corrected chi connectivity index (χ4v) is 3.38. The third-order valence-electron chi connectivity index (χ3n) is 3.87. The molecule has 0 aliphatic rings. The van der Waals surface area contributed by atoms with Crippen molar-refractivity contribution in [1.82, 2.24) is 14.7 Å². The molecular weight excluding hydrogens is 310 g/mol. The summed E-state index contributed by atoms with van der Waals surface area (Å²) < 4.78 is 7.66. The van der Waals surface area contributed by atoms with Gasteiger partial charge in [0.1, 0.15) is 5.58 Å². The Bertz CT molecular complexity index is 997. The minimum absolute atomic E-state index is 0.215. The highest BCUT2D eigenvalue weighted by molar-refractivity contribution is 7.15. The van der Waals surface area contributed by atoms with Gasteiger partial charge in [0.15, 0.2) is 10.7 Å². The van der Waals surface area contributed by atoms with Gasteiger partial charge in [0.2, 0.25) is 0 Å². The summed E-state index contributed by atoms with van der Waals surface area (Å²) in [5, 5.41) is 5.84. The van der Waals surface area contributed by atoms with Crippen LogP contribution >= 0.6 is 11.3 Å². The smallest absolute Gasteiger partial charge is 0.287 e. The molecule has 0 saturated heterocycles. The third-order valence-corrected chi connectivity index (χ3v) is 4.64. The first-order chi connectivity index (χ1) is 11.1. The third kappa shape index (κ3) is 2.41. The molecule has 116 valence electrons. The molecular formula is C17H15N3O2S. The average molecular weight is 325 g/mol. The summed E-state index contributed by atoms with van der Waals surface area (Å²) in [7, 11) is 0. The molecule has 4 aromatic rings. The van der Waals surface area contributed by atoms with Crippen LogP contribution in [0.4, 0.5) is 0 Å². The minimum atomic E-state index is -0.215. The summed E-state index contributed by atoms with van der Waals surface area (Å²) in [6.45, 7) is 4.31. The number of amides is 1. The average Bonchev–Trinajstić information content (AvgIpc) is 3.19. The summed E-state index contributed by atoms with van der Waals surface area (Å²) >= 11 is 1.57. The van der Waals surface area contributed by atoms with Crippen LogP contribution in [0, 0.1) is 13.8 Å². The molecule has 4 rings (SSSR count). The monoisotopic (exact) mass is 325 g/mol. The van der Waals surface area contributed by atoms with E-state index in [0.29, 0.717) is 12.3 Å². The molecule has 1 amide bonds. The number of carbonyl (C=O) groups excluding carboxylic acids is 1. The lowest BCUT2D eigenvalue weighted by Crippen LogP contribution is -2.23. The predicted molar refractivity (Wildman–Crippen MR) is 89.9 cm³/mol. The first kappa shape index (κ1) is 14.0. The summed E-state index contributed by atoms with van der Waals surface area (Å²) in [6, 6.07) is 5.91. The SMILES string of the molecule is Cc1ccc2oc(C(=O)NCc3cn4ccsc4n3)c(C)c2c1. The number of hydrogen-bond acceptors (Lipinski definition) is 4. The normalized spacial score (nSPS) is 11.4. The number of aromatic nitrogens is 2. The summed E-state index contributed by atoms with van der Waals surface area (Å²) in [5.74, 6) is 0.152. The number of fused-ring (bicyclic) bond motifs is 2. The minimum Gasteiger partial charge on any atom is -0.451 e. The van der Waals surface area contributed by atoms with Gasteiger partial charge in [-0.05, 0) is 26.0 Å². The van der Waals surface area contributed by atoms with Crippen LogP contribution < -0.4 is 5.32 Å². The Hall–Kier alpha value is -2.60. The number of carbonyl (C=O) groups is 1. The van der Waals surface area contributed by atoms with Crippen LogP contribution in [0.25, 0.3) is 15.9 Å². The van der Waals surface area contributed by atoms with E-state index in [1.807, 2.05) is 54.2 Å². The molecule has 5 nitrogen and oxygen atoms in total. The number of nitrogens with zero attached hydrogens (tertiary/aromatic N) is 2. The van der Waals surface area contributed by atoms with E-state index < -0.39 is 0 Å². The Morgan fingerprint density at radius 2 is 2.26 bits per heavy atom. The number of thiazole rings is 1. The van der Waals surface area contributed by atoms with Crippen molar-refractivity contribution in [2.45, 2.75) is 20.4 Å². The molecule has 0 saturated carbocycles. The lowest BCUT2D eigenvalue weighted by Gasteiger charge is -2.01. The molecule has 3 heterocycles. The van der Waals surface area contributed by atoms with Crippen molar-refractivity contribution < 1.29 is 9.21 Å². The zero-order valence-corrected chi connectivity index (χ0v) is 13.6. The van der Waals surface area contributed by atoms with Crippen molar-refractivity contribution in [2.24, 2.45) is 0 Å². The van der Waals surface area contributed by atoms with Gasteiger partial charge in [-0.2, -0.15) is 0 Å². The maximum atomic E-state index is 12.4. The fourth-order valence-electron chi connectivity index (χ4n) is 2.66. The maximum absolute atomic E-state index is 12.4. The van der Waals surface area contributed by atoms with Crippen molar-refractivity contribution in [1.29, 1.82) is 0 Å². The molecule has 0 bridgehead atoms. The van der Waals surface area contributed by atoms with E-state index in [-0.39, 0.29) is 5.91 Å². The second kappa shape index (κ2) is 5.24. The Morgan fingerprint density at radius 3 is 3.09 bits per heavy atom. The number of aryl methyl sites for hydroxylation is 2. The standard InChI is InChI=1S/C17H15N3O2S/c1-10-3-4-14-13(7-10)11(2)15(22-14)16(21)18-8-12-9-20-5-6-23-17(20)19-12/h3-7,9H,8H2,1-2H3,(H,18,21). The van der Waals surface area contributed by atoms with Gasteiger partial charge in [0.25, 0.3) is 5.91 Å². The largest absolute Gasteiger partial charge is 0.451 e. The highest BCUT2D eigenvalue weighted by atomic mass is 32.1. The molecule has 0 spiro atoms. The molecule has 0 aliphatic heterocycles. The number of nitrogens with one attached hydrogen (secondary N) is 1. The van der Waals surface area contributed by atoms with E-state index in [0.717, 1.165) is 32.8 Å². The van der Waals surface area contributed by atoms with Gasteiger partial charge >= 0.3 is 0 Å². The van der Waals surface area contributed by atoms with Gasteiger partial charge in [0, 0.05) is 28.7 Å².